The van der Waals surface area contributed by atoms with Crippen LogP contribution in [0, 0.1) is 10.8 Å². The summed E-state index contributed by atoms with van der Waals surface area (Å²) in [5.74, 6) is -3.54. The fourth-order valence-corrected chi connectivity index (χ4v) is 4.12. The van der Waals surface area contributed by atoms with E-state index in [4.69, 9.17) is 14.9 Å². The molecule has 3 aliphatic heterocycles. The van der Waals surface area contributed by atoms with Crippen LogP contribution in [0.15, 0.2) is 18.2 Å². The normalized spacial score (nSPS) is 24.0. The van der Waals surface area contributed by atoms with Gasteiger partial charge in [0.1, 0.15) is 5.84 Å². The molecule has 33 heavy (non-hydrogen) atoms. The summed E-state index contributed by atoms with van der Waals surface area (Å²) < 4.78 is 48.1. The maximum absolute atomic E-state index is 13.2. The Morgan fingerprint density at radius 2 is 1.97 bits per heavy atom. The second-order valence-corrected chi connectivity index (χ2v) is 8.70. The predicted molar refractivity (Wildman–Crippen MR) is 107 cm³/mol. The van der Waals surface area contributed by atoms with Gasteiger partial charge in [0.25, 0.3) is 5.91 Å². The molecule has 0 aliphatic carbocycles. The molecule has 0 aromatic heterocycles. The van der Waals surface area contributed by atoms with Gasteiger partial charge in [-0.2, -0.15) is 13.2 Å². The fourth-order valence-electron chi connectivity index (χ4n) is 4.12. The van der Waals surface area contributed by atoms with Crippen molar-refractivity contribution in [2.75, 3.05) is 26.4 Å². The molecule has 1 aromatic carbocycles. The zero-order valence-electron chi connectivity index (χ0n) is 17.8. The largest absolute Gasteiger partial charge is 0.471 e. The second kappa shape index (κ2) is 8.41. The molecular formula is C21H23F3N4O5. The Balaban J connectivity index is 1.48. The Bertz CT molecular complexity index is 1010. The van der Waals surface area contributed by atoms with Crippen molar-refractivity contribution in [3.63, 3.8) is 0 Å². The molecule has 2 saturated heterocycles. The zero-order chi connectivity index (χ0) is 24.0. The highest BCUT2D eigenvalue weighted by atomic mass is 19.4. The molecule has 9 nitrogen and oxygen atoms in total. The van der Waals surface area contributed by atoms with Gasteiger partial charge in [-0.15, -0.1) is 0 Å². The molecule has 4 rings (SSSR count). The molecule has 3 heterocycles. The molecule has 178 valence electrons. The number of amidine groups is 1. The van der Waals surface area contributed by atoms with E-state index in [2.05, 4.69) is 5.32 Å². The number of benzene rings is 1. The van der Waals surface area contributed by atoms with E-state index < -0.39 is 29.4 Å². The molecule has 0 radical (unpaired) electrons. The summed E-state index contributed by atoms with van der Waals surface area (Å²) in [5.41, 5.74) is 0.260. The molecule has 0 bridgehead atoms. The van der Waals surface area contributed by atoms with Gasteiger partial charge in [-0.25, -0.2) is 0 Å². The van der Waals surface area contributed by atoms with Crippen LogP contribution < -0.4 is 10.6 Å². The topological polar surface area (TPSA) is 121 Å². The van der Waals surface area contributed by atoms with Gasteiger partial charge in [-0.3, -0.25) is 19.8 Å². The number of amides is 3. The minimum absolute atomic E-state index is 0.0173. The number of hydrogen-bond donors (Lipinski definition) is 3. The molecule has 3 amide bonds. The third-order valence-corrected chi connectivity index (χ3v) is 6.15. The summed E-state index contributed by atoms with van der Waals surface area (Å²) in [5, 5.41) is 12.2. The Morgan fingerprint density at radius 1 is 1.24 bits per heavy atom. The number of fused-ring (bicyclic) bond motifs is 1. The molecule has 0 saturated carbocycles. The Kier molecular flexibility index (Phi) is 5.91. The maximum atomic E-state index is 13.2. The highest BCUT2D eigenvalue weighted by molar-refractivity contribution is 6.09. The monoisotopic (exact) mass is 468 g/mol. The molecule has 1 aromatic rings. The first kappa shape index (κ1) is 23.2. The molecular weight excluding hydrogens is 445 g/mol. The van der Waals surface area contributed by atoms with Crippen LogP contribution in [0.2, 0.25) is 0 Å². The molecule has 0 spiro atoms. The van der Waals surface area contributed by atoms with Gasteiger partial charge in [-0.1, -0.05) is 12.1 Å². The van der Waals surface area contributed by atoms with Gasteiger partial charge in [-0.05, 0) is 25.0 Å². The average molecular weight is 468 g/mol. The van der Waals surface area contributed by atoms with Crippen LogP contribution in [0.25, 0.3) is 0 Å². The minimum atomic E-state index is -5.12. The second-order valence-electron chi connectivity index (χ2n) is 8.70. The van der Waals surface area contributed by atoms with Crippen LogP contribution in [0.3, 0.4) is 0 Å². The summed E-state index contributed by atoms with van der Waals surface area (Å²) in [6, 6.07) is 3.48. The van der Waals surface area contributed by atoms with Crippen molar-refractivity contribution in [1.82, 2.24) is 15.5 Å². The highest BCUT2D eigenvalue weighted by Gasteiger charge is 2.45. The molecule has 2 atom stereocenters. The van der Waals surface area contributed by atoms with Crippen molar-refractivity contribution in [3.05, 3.63) is 34.9 Å². The van der Waals surface area contributed by atoms with Crippen LogP contribution in [-0.4, -0.2) is 73.1 Å². The van der Waals surface area contributed by atoms with Crippen molar-refractivity contribution >= 4 is 23.6 Å². The predicted octanol–water partition coefficient (Wildman–Crippen LogP) is 0.956. The van der Waals surface area contributed by atoms with Gasteiger partial charge in [0, 0.05) is 24.3 Å². The Labute approximate surface area is 187 Å². The van der Waals surface area contributed by atoms with Crippen LogP contribution in [0.1, 0.15) is 34.8 Å². The zero-order valence-corrected chi connectivity index (χ0v) is 17.8. The van der Waals surface area contributed by atoms with Gasteiger partial charge in [0.2, 0.25) is 5.91 Å². The lowest BCUT2D eigenvalue weighted by atomic mass is 9.87. The lowest BCUT2D eigenvalue weighted by Crippen LogP contribution is -2.61. The molecule has 3 aliphatic rings. The maximum Gasteiger partial charge on any atom is 0.471 e. The van der Waals surface area contributed by atoms with E-state index in [9.17, 15) is 27.6 Å². The van der Waals surface area contributed by atoms with Crippen LogP contribution in [0.4, 0.5) is 13.2 Å². The standard InChI is InChI=1S/C21H23F3N4O5/c1-20(9-33-10-20)18(30)26-14-8-32-5-4-15(14)28-7-12-3-2-11(6-13(12)17(28)29)16(25)27-19(31)21(22,23)24/h2-3,6,14-15H,4-5,7-10H2,1H3,(H,26,30)(H2,25,27,31)/t14?,15-/m1/s1. The molecule has 2 fully saturated rings. The molecule has 12 heteroatoms. The van der Waals surface area contributed by atoms with E-state index in [1.807, 2.05) is 0 Å². The van der Waals surface area contributed by atoms with Crippen LogP contribution >= 0.6 is 0 Å². The number of halogens is 3. The summed E-state index contributed by atoms with van der Waals surface area (Å²) in [4.78, 5) is 38.6. The number of carbonyl (C=O) groups is 3. The van der Waals surface area contributed by atoms with Gasteiger partial charge >= 0.3 is 12.1 Å². The summed E-state index contributed by atoms with van der Waals surface area (Å²) >= 11 is 0. The van der Waals surface area contributed by atoms with E-state index in [1.165, 1.54) is 17.4 Å². The summed E-state index contributed by atoms with van der Waals surface area (Å²) in [6.07, 6.45) is -4.62. The van der Waals surface area contributed by atoms with E-state index in [1.54, 1.807) is 17.9 Å². The highest BCUT2D eigenvalue weighted by Crippen LogP contribution is 2.31. The first-order valence-corrected chi connectivity index (χ1v) is 10.4. The van der Waals surface area contributed by atoms with Crippen molar-refractivity contribution in [2.24, 2.45) is 5.41 Å². The number of nitrogens with one attached hydrogen (secondary N) is 3. The smallest absolute Gasteiger partial charge is 0.379 e. The summed E-state index contributed by atoms with van der Waals surface area (Å²) in [6.45, 7) is 3.36. The number of hydrogen-bond acceptors (Lipinski definition) is 6. The first-order valence-electron chi connectivity index (χ1n) is 10.4. The van der Waals surface area contributed by atoms with Crippen molar-refractivity contribution in [1.29, 1.82) is 5.41 Å². The molecule has 1 unspecified atom stereocenters. The lowest BCUT2D eigenvalue weighted by Gasteiger charge is -2.42. The number of carbonyl (C=O) groups excluding carboxylic acids is 3. The Morgan fingerprint density at radius 3 is 2.61 bits per heavy atom. The SMILES string of the molecule is CC1(C(=O)NC2COCC[C@H]2N2Cc3ccc(C(=N)NC(=O)C(F)(F)F)cc3C2=O)COC1. The lowest BCUT2D eigenvalue weighted by molar-refractivity contribution is -0.171. The van der Waals surface area contributed by atoms with E-state index in [-0.39, 0.29) is 42.1 Å². The van der Waals surface area contributed by atoms with Gasteiger partial charge < -0.3 is 25.0 Å². The van der Waals surface area contributed by atoms with Crippen molar-refractivity contribution in [2.45, 2.75) is 38.1 Å². The average Bonchev–Trinajstić information content (AvgIpc) is 3.07. The minimum Gasteiger partial charge on any atom is -0.379 e. The Hall–Kier alpha value is -2.99. The van der Waals surface area contributed by atoms with Gasteiger partial charge in [0.15, 0.2) is 0 Å². The van der Waals surface area contributed by atoms with Crippen LogP contribution in [-0.2, 0) is 25.6 Å². The number of alkyl halides is 3. The fraction of sp³-hybridized carbons (Fsp3) is 0.524. The number of nitrogens with zero attached hydrogens (tertiary/aromatic N) is 1. The van der Waals surface area contributed by atoms with E-state index >= 15 is 0 Å². The van der Waals surface area contributed by atoms with E-state index in [0.717, 1.165) is 0 Å². The third-order valence-electron chi connectivity index (χ3n) is 6.15. The van der Waals surface area contributed by atoms with Gasteiger partial charge in [0.05, 0.1) is 37.3 Å². The quantitative estimate of drug-likeness (QED) is 0.449. The number of ether oxygens (including phenoxy) is 2. The summed E-state index contributed by atoms with van der Waals surface area (Å²) in [7, 11) is 0. The van der Waals surface area contributed by atoms with Crippen LogP contribution in [0.5, 0.6) is 0 Å². The molecule has 3 N–H and O–H groups in total. The van der Waals surface area contributed by atoms with E-state index in [0.29, 0.717) is 31.8 Å². The third kappa shape index (κ3) is 4.44. The van der Waals surface area contributed by atoms with Crippen molar-refractivity contribution < 1.29 is 37.0 Å². The first-order chi connectivity index (χ1) is 15.5. The van der Waals surface area contributed by atoms with Crippen molar-refractivity contribution in [3.8, 4) is 0 Å². The number of rotatable bonds is 4.